The number of hydrogen-bond donors (Lipinski definition) is 0. The summed E-state index contributed by atoms with van der Waals surface area (Å²) in [5, 5.41) is 1.84. The van der Waals surface area contributed by atoms with Gasteiger partial charge in [0, 0.05) is 19.0 Å². The molecular weight excluding hydrogens is 346 g/mol. The lowest BCUT2D eigenvalue weighted by atomic mass is 10.1. The Labute approximate surface area is 156 Å². The number of rotatable bonds is 3. The number of anilines is 1. The Balaban J connectivity index is 1.53. The highest BCUT2D eigenvalue weighted by molar-refractivity contribution is 6.25. The average molecular weight is 365 g/mol. The summed E-state index contributed by atoms with van der Waals surface area (Å²) >= 11 is 0. The molecule has 0 aromatic heterocycles. The summed E-state index contributed by atoms with van der Waals surface area (Å²) in [6.45, 7) is 0.455. The Morgan fingerprint density at radius 2 is 1.93 bits per heavy atom. The predicted molar refractivity (Wildman–Crippen MR) is 98.2 cm³/mol. The third-order valence-electron chi connectivity index (χ3n) is 5.86. The molecule has 2 bridgehead atoms. The smallest absolute Gasteiger partial charge is 0.332 e. The Morgan fingerprint density at radius 1 is 1.15 bits per heavy atom. The summed E-state index contributed by atoms with van der Waals surface area (Å²) in [4.78, 5) is 43.4. The maximum atomic E-state index is 13.3. The topological polar surface area (TPSA) is 70.2 Å². The number of carbonyl (C=O) groups excluding carboxylic acids is 3. The molecule has 0 saturated carbocycles. The van der Waals surface area contributed by atoms with E-state index < -0.39 is 6.04 Å². The quantitative estimate of drug-likeness (QED) is 0.775. The van der Waals surface area contributed by atoms with E-state index in [0.29, 0.717) is 18.7 Å². The highest BCUT2D eigenvalue weighted by Gasteiger charge is 2.62. The minimum Gasteiger partial charge on any atom is -0.375 e. The molecule has 5 rings (SSSR count). The first-order valence-corrected chi connectivity index (χ1v) is 9.04. The number of fused-ring (bicyclic) bond motifs is 6. The number of urea groups is 1. The fourth-order valence-corrected chi connectivity index (χ4v) is 4.78. The molecule has 3 saturated heterocycles. The fourth-order valence-electron chi connectivity index (χ4n) is 4.78. The molecule has 2 aromatic rings. The van der Waals surface area contributed by atoms with Gasteiger partial charge in [-0.05, 0) is 17.9 Å². The summed E-state index contributed by atoms with van der Waals surface area (Å²) in [5.41, 5.74) is 0.603. The summed E-state index contributed by atoms with van der Waals surface area (Å²) in [7, 11) is 1.48. The minimum atomic E-state index is -0.601. The number of methoxy groups -OCH3 is 1. The van der Waals surface area contributed by atoms with Crippen LogP contribution in [-0.2, 0) is 14.3 Å². The van der Waals surface area contributed by atoms with Crippen LogP contribution in [0.3, 0.4) is 0 Å². The molecule has 3 aliphatic rings. The summed E-state index contributed by atoms with van der Waals surface area (Å²) < 4.78 is 4.95. The second-order valence-corrected chi connectivity index (χ2v) is 7.24. The molecule has 0 spiro atoms. The van der Waals surface area contributed by atoms with E-state index in [0.717, 1.165) is 10.8 Å². The van der Waals surface area contributed by atoms with E-state index in [2.05, 4.69) is 0 Å². The molecule has 2 aromatic carbocycles. The number of ether oxygens (including phenoxy) is 1. The number of piperazine rings is 1. The number of hydrogen-bond acceptors (Lipinski definition) is 4. The highest BCUT2D eigenvalue weighted by Crippen LogP contribution is 2.43. The zero-order chi connectivity index (χ0) is 18.7. The first-order valence-electron chi connectivity index (χ1n) is 9.04. The third-order valence-corrected chi connectivity index (χ3v) is 5.86. The molecule has 138 valence electrons. The van der Waals surface area contributed by atoms with E-state index in [1.807, 2.05) is 36.4 Å². The molecule has 4 amide bonds. The number of imide groups is 1. The number of nitrogens with zero attached hydrogens (tertiary/aromatic N) is 3. The molecule has 0 unspecified atom stereocenters. The van der Waals surface area contributed by atoms with E-state index in [-0.39, 0.29) is 36.5 Å². The largest absolute Gasteiger partial charge is 0.375 e. The van der Waals surface area contributed by atoms with Crippen molar-refractivity contribution >= 4 is 34.3 Å². The molecule has 3 atom stereocenters. The number of benzene rings is 2. The Hall–Kier alpha value is -2.93. The van der Waals surface area contributed by atoms with Gasteiger partial charge in [-0.2, -0.15) is 0 Å². The fraction of sp³-hybridized carbons (Fsp3) is 0.350. The molecule has 3 aliphatic heterocycles. The van der Waals surface area contributed by atoms with Crippen LogP contribution >= 0.6 is 0 Å². The minimum absolute atomic E-state index is 0.00882. The average Bonchev–Trinajstić information content (AvgIpc) is 3.33. The van der Waals surface area contributed by atoms with Gasteiger partial charge >= 0.3 is 6.03 Å². The van der Waals surface area contributed by atoms with Crippen LogP contribution in [-0.4, -0.2) is 66.0 Å². The van der Waals surface area contributed by atoms with Gasteiger partial charge < -0.3 is 14.5 Å². The molecule has 0 aliphatic carbocycles. The predicted octanol–water partition coefficient (Wildman–Crippen LogP) is 1.61. The Bertz CT molecular complexity index is 969. The van der Waals surface area contributed by atoms with Crippen molar-refractivity contribution < 1.29 is 19.1 Å². The van der Waals surface area contributed by atoms with Crippen molar-refractivity contribution in [2.75, 3.05) is 25.2 Å². The SMILES string of the molecule is COCC(=O)N1C[C@@H]2C[C@H]1[C@H]1C(=O)N(c3cccc4ccccc34)C(=O)N21. The van der Waals surface area contributed by atoms with Crippen LogP contribution in [0.25, 0.3) is 10.8 Å². The van der Waals surface area contributed by atoms with E-state index in [1.54, 1.807) is 15.9 Å². The van der Waals surface area contributed by atoms with Gasteiger partial charge in [0.15, 0.2) is 0 Å². The first-order chi connectivity index (χ1) is 13.1. The number of carbonyl (C=O) groups is 3. The summed E-state index contributed by atoms with van der Waals surface area (Å²) in [5.74, 6) is -0.382. The van der Waals surface area contributed by atoms with Crippen LogP contribution in [0.15, 0.2) is 42.5 Å². The van der Waals surface area contributed by atoms with Gasteiger partial charge in [0.2, 0.25) is 5.91 Å². The molecule has 7 heteroatoms. The van der Waals surface area contributed by atoms with Crippen molar-refractivity contribution in [3.63, 3.8) is 0 Å². The van der Waals surface area contributed by atoms with Gasteiger partial charge in [0.05, 0.1) is 17.8 Å². The standard InChI is InChI=1S/C20H19N3O4/c1-27-11-17(24)21-10-13-9-16(21)18-19(25)23(20(26)22(13)18)15-8-4-6-12-5-2-3-7-14(12)15/h2-8,13,16,18H,9-11H2,1H3/t13-,16-,18-/m0/s1. The third kappa shape index (κ3) is 2.15. The summed E-state index contributed by atoms with van der Waals surface area (Å²) in [6, 6.07) is 12.0. The van der Waals surface area contributed by atoms with Crippen LogP contribution in [0, 0.1) is 0 Å². The highest BCUT2D eigenvalue weighted by atomic mass is 16.5. The van der Waals surface area contributed by atoms with Gasteiger partial charge in [-0.25, -0.2) is 9.69 Å². The summed E-state index contributed by atoms with van der Waals surface area (Å²) in [6.07, 6.45) is 0.654. The Kier molecular flexibility index (Phi) is 3.48. The molecule has 7 nitrogen and oxygen atoms in total. The monoisotopic (exact) mass is 365 g/mol. The van der Waals surface area contributed by atoms with Crippen molar-refractivity contribution in [2.24, 2.45) is 0 Å². The molecule has 3 fully saturated rings. The lowest BCUT2D eigenvalue weighted by Gasteiger charge is -2.34. The first kappa shape index (κ1) is 16.3. The number of amides is 4. The maximum absolute atomic E-state index is 13.3. The number of likely N-dealkylation sites (tertiary alicyclic amines) is 1. The van der Waals surface area contributed by atoms with Gasteiger partial charge in [-0.15, -0.1) is 0 Å². The van der Waals surface area contributed by atoms with Crippen LogP contribution in [0.2, 0.25) is 0 Å². The van der Waals surface area contributed by atoms with E-state index in [4.69, 9.17) is 4.74 Å². The molecule has 3 heterocycles. The molecular formula is C20H19N3O4. The lowest BCUT2D eigenvalue weighted by molar-refractivity contribution is -0.139. The van der Waals surface area contributed by atoms with Gasteiger partial charge in [0.25, 0.3) is 5.91 Å². The van der Waals surface area contributed by atoms with Crippen LogP contribution in [0.4, 0.5) is 10.5 Å². The zero-order valence-electron chi connectivity index (χ0n) is 14.9. The van der Waals surface area contributed by atoms with Gasteiger partial charge in [-0.3, -0.25) is 9.59 Å². The molecule has 0 radical (unpaired) electrons. The van der Waals surface area contributed by atoms with Gasteiger partial charge in [-0.1, -0.05) is 36.4 Å². The van der Waals surface area contributed by atoms with Crippen molar-refractivity contribution in [1.82, 2.24) is 9.80 Å². The molecule has 27 heavy (non-hydrogen) atoms. The van der Waals surface area contributed by atoms with Crippen LogP contribution in [0.1, 0.15) is 6.42 Å². The van der Waals surface area contributed by atoms with E-state index in [1.165, 1.54) is 12.0 Å². The van der Waals surface area contributed by atoms with Crippen LogP contribution < -0.4 is 4.90 Å². The molecule has 0 N–H and O–H groups in total. The van der Waals surface area contributed by atoms with E-state index >= 15 is 0 Å². The normalized spacial score (nSPS) is 26.4. The second-order valence-electron chi connectivity index (χ2n) is 7.24. The van der Waals surface area contributed by atoms with E-state index in [9.17, 15) is 14.4 Å². The second kappa shape index (κ2) is 5.79. The zero-order valence-corrected chi connectivity index (χ0v) is 14.9. The Morgan fingerprint density at radius 3 is 2.74 bits per heavy atom. The van der Waals surface area contributed by atoms with Gasteiger partial charge in [0.1, 0.15) is 12.6 Å². The maximum Gasteiger partial charge on any atom is 0.332 e. The van der Waals surface area contributed by atoms with Crippen molar-refractivity contribution in [3.8, 4) is 0 Å². The van der Waals surface area contributed by atoms with Crippen molar-refractivity contribution in [2.45, 2.75) is 24.5 Å². The van der Waals surface area contributed by atoms with Crippen LogP contribution in [0.5, 0.6) is 0 Å². The lowest BCUT2D eigenvalue weighted by Crippen LogP contribution is -2.55. The van der Waals surface area contributed by atoms with Crippen molar-refractivity contribution in [1.29, 1.82) is 0 Å². The van der Waals surface area contributed by atoms with Crippen molar-refractivity contribution in [3.05, 3.63) is 42.5 Å².